The summed E-state index contributed by atoms with van der Waals surface area (Å²) in [4.78, 5) is 36.3. The van der Waals surface area contributed by atoms with Crippen molar-refractivity contribution in [3.05, 3.63) is 106 Å². The molecule has 0 aromatic heterocycles. The van der Waals surface area contributed by atoms with Gasteiger partial charge in [-0.25, -0.2) is 0 Å². The second-order valence-electron chi connectivity index (χ2n) is 6.25. The van der Waals surface area contributed by atoms with Crippen molar-refractivity contribution >= 4 is 45.5 Å². The van der Waals surface area contributed by atoms with E-state index in [9.17, 15) is 19.5 Å². The predicted molar refractivity (Wildman–Crippen MR) is 115 cm³/mol. The molecule has 0 aliphatic rings. The molecule has 0 spiro atoms. The van der Waals surface area contributed by atoms with Crippen molar-refractivity contribution in [1.29, 1.82) is 0 Å². The van der Waals surface area contributed by atoms with Gasteiger partial charge in [0.15, 0.2) is 0 Å². The van der Waals surface area contributed by atoms with E-state index in [0.29, 0.717) is 11.3 Å². The summed E-state index contributed by atoms with van der Waals surface area (Å²) in [5.41, 5.74) is 1.53. The van der Waals surface area contributed by atoms with E-state index in [-0.39, 0.29) is 11.3 Å². The van der Waals surface area contributed by atoms with Crippen molar-refractivity contribution in [3.8, 4) is 0 Å². The second kappa shape index (κ2) is 9.67. The summed E-state index contributed by atoms with van der Waals surface area (Å²) < 4.78 is 0.830. The number of carbonyl (C=O) groups excluding carboxylic acids is 3. The summed E-state index contributed by atoms with van der Waals surface area (Å²) in [6.45, 7) is 0. The van der Waals surface area contributed by atoms with Crippen molar-refractivity contribution in [3.63, 3.8) is 0 Å². The van der Waals surface area contributed by atoms with Crippen molar-refractivity contribution in [2.24, 2.45) is 0 Å². The fraction of sp³-hybridized carbons (Fsp3) is 0. The Balaban J connectivity index is 1.84. The zero-order valence-electron chi connectivity index (χ0n) is 15.6. The summed E-state index contributed by atoms with van der Waals surface area (Å²) in [5, 5.41) is 16.2. The fourth-order valence-corrected chi connectivity index (χ4v) is 2.82. The normalized spacial score (nSPS) is 10.9. The molecule has 0 saturated heterocycles. The zero-order chi connectivity index (χ0) is 21.5. The first-order valence-electron chi connectivity index (χ1n) is 8.89. The van der Waals surface area contributed by atoms with Gasteiger partial charge in [0.25, 0.3) is 11.8 Å². The van der Waals surface area contributed by atoms with Crippen LogP contribution in [0.2, 0.25) is 0 Å². The van der Waals surface area contributed by atoms with Crippen molar-refractivity contribution in [2.45, 2.75) is 0 Å². The number of anilines is 1. The van der Waals surface area contributed by atoms with Crippen molar-refractivity contribution < 1.29 is 19.5 Å². The summed E-state index contributed by atoms with van der Waals surface area (Å²) in [6, 6.07) is 21.3. The number of amides is 2. The Morgan fingerprint density at radius 2 is 1.40 bits per heavy atom. The van der Waals surface area contributed by atoms with Gasteiger partial charge in [-0.3, -0.25) is 9.59 Å². The lowest BCUT2D eigenvalue weighted by Gasteiger charge is -2.12. The molecule has 0 bridgehead atoms. The number of rotatable bonds is 6. The second-order valence-corrected chi connectivity index (χ2v) is 7.16. The first kappa shape index (κ1) is 21.0. The van der Waals surface area contributed by atoms with Crippen LogP contribution >= 0.6 is 15.9 Å². The quantitative estimate of drug-likeness (QED) is 0.548. The van der Waals surface area contributed by atoms with Crippen LogP contribution in [0.25, 0.3) is 6.08 Å². The Bertz CT molecular complexity index is 1090. The molecule has 2 N–H and O–H groups in total. The molecular weight excluding hydrogens is 448 g/mol. The van der Waals surface area contributed by atoms with E-state index in [4.69, 9.17) is 0 Å². The molecule has 0 saturated carbocycles. The predicted octanol–water partition coefficient (Wildman–Crippen LogP) is 3.22. The fourth-order valence-electron chi connectivity index (χ4n) is 2.56. The van der Waals surface area contributed by atoms with Crippen LogP contribution in [0.5, 0.6) is 0 Å². The number of hydrogen-bond donors (Lipinski definition) is 2. The van der Waals surface area contributed by atoms with Gasteiger partial charge in [-0.1, -0.05) is 58.4 Å². The van der Waals surface area contributed by atoms with Gasteiger partial charge in [0.1, 0.15) is 5.70 Å². The lowest BCUT2D eigenvalue weighted by atomic mass is 10.1. The molecule has 0 unspecified atom stereocenters. The lowest BCUT2D eigenvalue weighted by molar-refractivity contribution is -0.255. The van der Waals surface area contributed by atoms with Crippen LogP contribution in [0.3, 0.4) is 0 Å². The minimum Gasteiger partial charge on any atom is -0.545 e. The molecule has 3 aromatic carbocycles. The number of carboxylic acid groups (broad SMARTS) is 1. The molecule has 7 heteroatoms. The topological polar surface area (TPSA) is 98.3 Å². The zero-order valence-corrected chi connectivity index (χ0v) is 17.2. The SMILES string of the molecule is O=C(Nc1ccc(C(=O)[O-])cc1)/C(=C/c1ccccc1)NC(=O)c1ccc(Br)cc1. The number of carboxylic acids is 1. The maximum absolute atomic E-state index is 12.8. The minimum absolute atomic E-state index is 0.00316. The standard InChI is InChI=1S/C23H17BrN2O4/c24-18-10-6-16(7-11-18)21(27)26-20(14-15-4-2-1-3-5-15)22(28)25-19-12-8-17(9-13-19)23(29)30/h1-14H,(H,25,28)(H,26,27)(H,29,30)/p-1/b20-14-. The van der Waals surface area contributed by atoms with Crippen LogP contribution in [0.15, 0.2) is 89.0 Å². The van der Waals surface area contributed by atoms with Gasteiger partial charge >= 0.3 is 0 Å². The third-order valence-electron chi connectivity index (χ3n) is 4.09. The molecule has 0 fully saturated rings. The van der Waals surface area contributed by atoms with Gasteiger partial charge in [0.2, 0.25) is 0 Å². The lowest BCUT2D eigenvalue weighted by Crippen LogP contribution is -2.30. The molecule has 0 aliphatic heterocycles. The number of halogens is 1. The molecule has 3 rings (SSSR count). The molecule has 30 heavy (non-hydrogen) atoms. The molecule has 2 amide bonds. The Kier molecular flexibility index (Phi) is 6.77. The third kappa shape index (κ3) is 5.65. The molecule has 150 valence electrons. The highest BCUT2D eigenvalue weighted by molar-refractivity contribution is 9.10. The first-order chi connectivity index (χ1) is 14.4. The van der Waals surface area contributed by atoms with E-state index in [2.05, 4.69) is 26.6 Å². The van der Waals surface area contributed by atoms with Gasteiger partial charge in [-0.05, 0) is 53.6 Å². The molecule has 3 aromatic rings. The van der Waals surface area contributed by atoms with Crippen LogP contribution in [0, 0.1) is 0 Å². The minimum atomic E-state index is -1.31. The Labute approximate surface area is 181 Å². The van der Waals surface area contributed by atoms with Crippen molar-refractivity contribution in [2.75, 3.05) is 5.32 Å². The number of aromatic carboxylic acids is 1. The largest absolute Gasteiger partial charge is 0.545 e. The van der Waals surface area contributed by atoms with E-state index in [1.165, 1.54) is 24.3 Å². The van der Waals surface area contributed by atoms with Crippen LogP contribution in [-0.2, 0) is 4.79 Å². The highest BCUT2D eigenvalue weighted by Gasteiger charge is 2.15. The highest BCUT2D eigenvalue weighted by atomic mass is 79.9. The maximum Gasteiger partial charge on any atom is 0.272 e. The van der Waals surface area contributed by atoms with Crippen LogP contribution in [0.4, 0.5) is 5.69 Å². The number of hydrogen-bond acceptors (Lipinski definition) is 4. The number of carbonyl (C=O) groups is 3. The summed E-state index contributed by atoms with van der Waals surface area (Å²) >= 11 is 3.32. The molecule has 0 atom stereocenters. The van der Waals surface area contributed by atoms with Gasteiger partial charge < -0.3 is 20.5 Å². The summed E-state index contributed by atoms with van der Waals surface area (Å²) in [5.74, 6) is -2.29. The molecule has 0 heterocycles. The average Bonchev–Trinajstić information content (AvgIpc) is 2.74. The van der Waals surface area contributed by atoms with Gasteiger partial charge in [-0.15, -0.1) is 0 Å². The van der Waals surface area contributed by atoms with Gasteiger partial charge in [0, 0.05) is 15.7 Å². The Morgan fingerprint density at radius 3 is 2.00 bits per heavy atom. The molecule has 0 radical (unpaired) electrons. The van der Waals surface area contributed by atoms with E-state index in [1.807, 2.05) is 18.2 Å². The van der Waals surface area contributed by atoms with Crippen molar-refractivity contribution in [1.82, 2.24) is 5.32 Å². The Hall–Kier alpha value is -3.71. The summed E-state index contributed by atoms with van der Waals surface area (Å²) in [7, 11) is 0. The molecule has 0 aliphatic carbocycles. The van der Waals surface area contributed by atoms with E-state index in [0.717, 1.165) is 10.0 Å². The summed E-state index contributed by atoms with van der Waals surface area (Å²) in [6.07, 6.45) is 1.56. The number of nitrogens with one attached hydrogen (secondary N) is 2. The van der Waals surface area contributed by atoms with E-state index < -0.39 is 17.8 Å². The monoisotopic (exact) mass is 463 g/mol. The Morgan fingerprint density at radius 1 is 0.800 bits per heavy atom. The van der Waals surface area contributed by atoms with E-state index in [1.54, 1.807) is 42.5 Å². The van der Waals surface area contributed by atoms with E-state index >= 15 is 0 Å². The van der Waals surface area contributed by atoms with Crippen LogP contribution in [-0.4, -0.2) is 17.8 Å². The number of benzene rings is 3. The molecular formula is C23H16BrN2O4-. The highest BCUT2D eigenvalue weighted by Crippen LogP contribution is 2.14. The molecule has 6 nitrogen and oxygen atoms in total. The smallest absolute Gasteiger partial charge is 0.272 e. The van der Waals surface area contributed by atoms with Gasteiger partial charge in [0.05, 0.1) is 5.97 Å². The average molecular weight is 464 g/mol. The maximum atomic E-state index is 12.8. The first-order valence-corrected chi connectivity index (χ1v) is 9.68. The van der Waals surface area contributed by atoms with Crippen LogP contribution in [0.1, 0.15) is 26.3 Å². The third-order valence-corrected chi connectivity index (χ3v) is 4.62. The van der Waals surface area contributed by atoms with Gasteiger partial charge in [-0.2, -0.15) is 0 Å². The van der Waals surface area contributed by atoms with Crippen LogP contribution < -0.4 is 15.7 Å².